The molecule has 0 aliphatic carbocycles. The van der Waals surface area contributed by atoms with Crippen molar-refractivity contribution in [3.8, 4) is 6.07 Å². The molecule has 1 amide bonds. The van der Waals surface area contributed by atoms with Crippen LogP contribution >= 0.6 is 0 Å². The van der Waals surface area contributed by atoms with Gasteiger partial charge >= 0.3 is 0 Å². The SMILES string of the molecule is CC1CNCC1C(=O)Nc1cccc(F)c1C#N. The normalized spacial score (nSPS) is 22.5. The average Bonchev–Trinajstić information content (AvgIpc) is 2.76. The molecule has 1 aliphatic rings. The molecule has 2 unspecified atom stereocenters. The van der Waals surface area contributed by atoms with Crippen molar-refractivity contribution in [3.05, 3.63) is 29.6 Å². The van der Waals surface area contributed by atoms with Gasteiger partial charge in [-0.15, -0.1) is 0 Å². The van der Waals surface area contributed by atoms with Gasteiger partial charge in [-0.05, 0) is 24.6 Å². The quantitative estimate of drug-likeness (QED) is 0.832. The van der Waals surface area contributed by atoms with Crippen molar-refractivity contribution < 1.29 is 9.18 Å². The van der Waals surface area contributed by atoms with Crippen LogP contribution in [0.3, 0.4) is 0 Å². The van der Waals surface area contributed by atoms with E-state index in [-0.39, 0.29) is 29.0 Å². The largest absolute Gasteiger partial charge is 0.325 e. The van der Waals surface area contributed by atoms with Crippen LogP contribution in [0.5, 0.6) is 0 Å². The summed E-state index contributed by atoms with van der Waals surface area (Å²) in [5.41, 5.74) is 0.117. The standard InChI is InChI=1S/C13H14FN3O/c1-8-6-16-7-10(8)13(18)17-12-4-2-3-11(14)9(12)5-15/h2-4,8,10,16H,6-7H2,1H3,(H,17,18). The summed E-state index contributed by atoms with van der Waals surface area (Å²) in [4.78, 5) is 12.0. The van der Waals surface area contributed by atoms with Crippen LogP contribution in [0.15, 0.2) is 18.2 Å². The average molecular weight is 247 g/mol. The molecule has 2 N–H and O–H groups in total. The van der Waals surface area contributed by atoms with E-state index in [4.69, 9.17) is 5.26 Å². The number of anilines is 1. The summed E-state index contributed by atoms with van der Waals surface area (Å²) in [6, 6.07) is 5.98. The summed E-state index contributed by atoms with van der Waals surface area (Å²) in [7, 11) is 0. The number of carbonyl (C=O) groups is 1. The third-order valence-electron chi connectivity index (χ3n) is 3.24. The number of hydrogen-bond acceptors (Lipinski definition) is 3. The number of nitrogens with zero attached hydrogens (tertiary/aromatic N) is 1. The van der Waals surface area contributed by atoms with Gasteiger partial charge in [0, 0.05) is 6.54 Å². The van der Waals surface area contributed by atoms with Gasteiger partial charge < -0.3 is 10.6 Å². The molecule has 0 radical (unpaired) electrons. The molecule has 0 saturated carbocycles. The van der Waals surface area contributed by atoms with Crippen LogP contribution in [-0.2, 0) is 4.79 Å². The molecule has 4 nitrogen and oxygen atoms in total. The maximum absolute atomic E-state index is 13.4. The molecule has 0 spiro atoms. The molecule has 5 heteroatoms. The smallest absolute Gasteiger partial charge is 0.229 e. The molecule has 1 fully saturated rings. The van der Waals surface area contributed by atoms with Crippen molar-refractivity contribution >= 4 is 11.6 Å². The molecular formula is C13H14FN3O. The van der Waals surface area contributed by atoms with Gasteiger partial charge in [-0.3, -0.25) is 4.79 Å². The zero-order chi connectivity index (χ0) is 13.1. The van der Waals surface area contributed by atoms with Crippen molar-refractivity contribution in [3.63, 3.8) is 0 Å². The molecular weight excluding hydrogens is 233 g/mol. The Bertz CT molecular complexity index is 509. The highest BCUT2D eigenvalue weighted by atomic mass is 19.1. The molecule has 0 aromatic heterocycles. The van der Waals surface area contributed by atoms with E-state index in [0.29, 0.717) is 6.54 Å². The molecule has 18 heavy (non-hydrogen) atoms. The Kier molecular flexibility index (Phi) is 3.58. The van der Waals surface area contributed by atoms with Crippen molar-refractivity contribution in [2.45, 2.75) is 6.92 Å². The Morgan fingerprint density at radius 3 is 2.94 bits per heavy atom. The van der Waals surface area contributed by atoms with E-state index in [1.807, 2.05) is 6.92 Å². The van der Waals surface area contributed by atoms with E-state index >= 15 is 0 Å². The van der Waals surface area contributed by atoms with Gasteiger partial charge in [0.25, 0.3) is 0 Å². The fourth-order valence-electron chi connectivity index (χ4n) is 2.13. The minimum absolute atomic E-state index is 0.121. The predicted octanol–water partition coefficient (Wildman–Crippen LogP) is 1.49. The van der Waals surface area contributed by atoms with E-state index in [1.165, 1.54) is 18.2 Å². The summed E-state index contributed by atoms with van der Waals surface area (Å²) in [6.45, 7) is 3.40. The zero-order valence-electron chi connectivity index (χ0n) is 10.0. The molecule has 2 atom stereocenters. The molecule has 2 rings (SSSR count). The van der Waals surface area contributed by atoms with Gasteiger partial charge in [-0.2, -0.15) is 5.26 Å². The first kappa shape index (κ1) is 12.5. The predicted molar refractivity (Wildman–Crippen MR) is 65.3 cm³/mol. The van der Waals surface area contributed by atoms with Crippen LogP contribution < -0.4 is 10.6 Å². The third kappa shape index (κ3) is 2.34. The number of carbonyl (C=O) groups excluding carboxylic acids is 1. The lowest BCUT2D eigenvalue weighted by atomic mass is 9.97. The maximum atomic E-state index is 13.4. The van der Waals surface area contributed by atoms with E-state index in [0.717, 1.165) is 6.54 Å². The van der Waals surface area contributed by atoms with Crippen LogP contribution in [0.4, 0.5) is 10.1 Å². The fraction of sp³-hybridized carbons (Fsp3) is 0.385. The maximum Gasteiger partial charge on any atom is 0.229 e. The van der Waals surface area contributed by atoms with Crippen LogP contribution in [-0.4, -0.2) is 19.0 Å². The molecule has 0 bridgehead atoms. The van der Waals surface area contributed by atoms with Crippen molar-refractivity contribution in [1.82, 2.24) is 5.32 Å². The van der Waals surface area contributed by atoms with Crippen molar-refractivity contribution in [1.29, 1.82) is 5.26 Å². The number of benzene rings is 1. The highest BCUT2D eigenvalue weighted by Gasteiger charge is 2.29. The lowest BCUT2D eigenvalue weighted by Gasteiger charge is -2.14. The highest BCUT2D eigenvalue weighted by molar-refractivity contribution is 5.94. The second kappa shape index (κ2) is 5.15. The Hall–Kier alpha value is -1.93. The number of nitrogens with one attached hydrogen (secondary N) is 2. The van der Waals surface area contributed by atoms with Crippen LogP contribution in [0.2, 0.25) is 0 Å². The Morgan fingerprint density at radius 2 is 2.33 bits per heavy atom. The Balaban J connectivity index is 2.17. The number of rotatable bonds is 2. The monoisotopic (exact) mass is 247 g/mol. The van der Waals surface area contributed by atoms with Gasteiger partial charge in [0.05, 0.1) is 11.6 Å². The summed E-state index contributed by atoms with van der Waals surface area (Å²) in [5.74, 6) is -0.689. The van der Waals surface area contributed by atoms with Gasteiger partial charge in [-0.25, -0.2) is 4.39 Å². The first-order chi connectivity index (χ1) is 8.63. The molecule has 1 heterocycles. The van der Waals surface area contributed by atoms with E-state index in [1.54, 1.807) is 6.07 Å². The zero-order valence-corrected chi connectivity index (χ0v) is 10.0. The topological polar surface area (TPSA) is 64.9 Å². The van der Waals surface area contributed by atoms with Crippen LogP contribution in [0, 0.1) is 29.0 Å². The first-order valence-electron chi connectivity index (χ1n) is 5.83. The summed E-state index contributed by atoms with van der Waals surface area (Å²) >= 11 is 0. The van der Waals surface area contributed by atoms with E-state index in [9.17, 15) is 9.18 Å². The summed E-state index contributed by atoms with van der Waals surface area (Å²) < 4.78 is 13.4. The summed E-state index contributed by atoms with van der Waals surface area (Å²) in [5, 5.41) is 14.6. The lowest BCUT2D eigenvalue weighted by molar-refractivity contribution is -0.120. The molecule has 1 aromatic carbocycles. The number of amides is 1. The lowest BCUT2D eigenvalue weighted by Crippen LogP contribution is -2.28. The molecule has 1 aliphatic heterocycles. The number of halogens is 1. The van der Waals surface area contributed by atoms with Gasteiger partial charge in [0.1, 0.15) is 17.4 Å². The fourth-order valence-corrected chi connectivity index (χ4v) is 2.13. The molecule has 1 aromatic rings. The second-order valence-electron chi connectivity index (χ2n) is 4.51. The van der Waals surface area contributed by atoms with Gasteiger partial charge in [-0.1, -0.05) is 13.0 Å². The van der Waals surface area contributed by atoms with Crippen molar-refractivity contribution in [2.24, 2.45) is 11.8 Å². The number of hydrogen-bond donors (Lipinski definition) is 2. The first-order valence-corrected chi connectivity index (χ1v) is 5.83. The Morgan fingerprint density at radius 1 is 1.56 bits per heavy atom. The van der Waals surface area contributed by atoms with Crippen molar-refractivity contribution in [2.75, 3.05) is 18.4 Å². The minimum atomic E-state index is -0.618. The second-order valence-corrected chi connectivity index (χ2v) is 4.51. The third-order valence-corrected chi connectivity index (χ3v) is 3.24. The minimum Gasteiger partial charge on any atom is -0.325 e. The number of nitriles is 1. The molecule has 94 valence electrons. The Labute approximate surface area is 105 Å². The van der Waals surface area contributed by atoms with Gasteiger partial charge in [0.2, 0.25) is 5.91 Å². The summed E-state index contributed by atoms with van der Waals surface area (Å²) in [6.07, 6.45) is 0. The van der Waals surface area contributed by atoms with Crippen LogP contribution in [0.25, 0.3) is 0 Å². The molecule has 1 saturated heterocycles. The van der Waals surface area contributed by atoms with E-state index in [2.05, 4.69) is 10.6 Å². The highest BCUT2D eigenvalue weighted by Crippen LogP contribution is 2.21. The van der Waals surface area contributed by atoms with Crippen LogP contribution in [0.1, 0.15) is 12.5 Å². The van der Waals surface area contributed by atoms with E-state index < -0.39 is 5.82 Å². The van der Waals surface area contributed by atoms with Gasteiger partial charge in [0.15, 0.2) is 0 Å².